The lowest BCUT2D eigenvalue weighted by Crippen LogP contribution is -2.47. The van der Waals surface area contributed by atoms with Crippen molar-refractivity contribution >= 4 is 33.5 Å². The minimum atomic E-state index is 0.0660. The summed E-state index contributed by atoms with van der Waals surface area (Å²) in [7, 11) is 0. The predicted octanol–water partition coefficient (Wildman–Crippen LogP) is 4.46. The third kappa shape index (κ3) is 3.12. The Morgan fingerprint density at radius 3 is 2.90 bits per heavy atom. The van der Waals surface area contributed by atoms with Gasteiger partial charge in [0.05, 0.1) is 11.4 Å². The Kier molecular flexibility index (Phi) is 4.53. The van der Waals surface area contributed by atoms with Gasteiger partial charge in [-0.3, -0.25) is 4.79 Å². The maximum absolute atomic E-state index is 12.4. The lowest BCUT2D eigenvalue weighted by atomic mass is 9.71. The van der Waals surface area contributed by atoms with E-state index in [1.54, 1.807) is 11.8 Å². The molecule has 0 radical (unpaired) electrons. The van der Waals surface area contributed by atoms with Gasteiger partial charge in [0, 0.05) is 21.9 Å². The van der Waals surface area contributed by atoms with Crippen molar-refractivity contribution in [2.45, 2.75) is 42.6 Å². The Morgan fingerprint density at radius 1 is 1.40 bits per heavy atom. The van der Waals surface area contributed by atoms with E-state index in [0.717, 1.165) is 41.7 Å². The van der Waals surface area contributed by atoms with E-state index in [-0.39, 0.29) is 11.5 Å². The summed E-state index contributed by atoms with van der Waals surface area (Å²) < 4.78 is 6.97. The van der Waals surface area contributed by atoms with E-state index in [1.165, 1.54) is 6.42 Å². The molecule has 2 aliphatic rings. The summed E-state index contributed by atoms with van der Waals surface area (Å²) in [6.07, 6.45) is 5.40. The molecule has 1 unspecified atom stereocenters. The number of halogens is 1. The van der Waals surface area contributed by atoms with Gasteiger partial charge < -0.3 is 4.74 Å². The van der Waals surface area contributed by atoms with E-state index in [4.69, 9.17) is 4.74 Å². The molecule has 1 aromatic carbocycles. The number of ether oxygens (including phenoxy) is 1. The van der Waals surface area contributed by atoms with Crippen LogP contribution in [0.25, 0.3) is 0 Å². The molecule has 0 N–H and O–H groups in total. The average Bonchev–Trinajstić information content (AvgIpc) is 2.44. The van der Waals surface area contributed by atoms with Crippen LogP contribution in [0.1, 0.15) is 32.1 Å². The Hall–Kier alpha value is -0.320. The zero-order chi connectivity index (χ0) is 14.0. The van der Waals surface area contributed by atoms with Gasteiger partial charge in [-0.15, -0.1) is 11.8 Å². The number of hydrogen-bond donors (Lipinski definition) is 0. The number of hydrogen-bond acceptors (Lipinski definition) is 3. The summed E-state index contributed by atoms with van der Waals surface area (Å²) in [5.41, 5.74) is 0.0660. The Bertz CT molecular complexity index is 499. The largest absolute Gasteiger partial charge is 0.375 e. The van der Waals surface area contributed by atoms with Crippen molar-refractivity contribution in [2.75, 3.05) is 12.4 Å². The highest BCUT2D eigenvalue weighted by Gasteiger charge is 2.44. The van der Waals surface area contributed by atoms with Crippen LogP contribution in [0.2, 0.25) is 0 Å². The molecule has 1 aliphatic heterocycles. The Labute approximate surface area is 132 Å². The van der Waals surface area contributed by atoms with E-state index < -0.39 is 0 Å². The van der Waals surface area contributed by atoms with Crippen LogP contribution in [0.5, 0.6) is 0 Å². The zero-order valence-electron chi connectivity index (χ0n) is 11.4. The molecular formula is C16H19BrO2S. The number of thioether (sulfide) groups is 1. The first-order valence-corrected chi connectivity index (χ1v) is 9.00. The molecule has 1 aromatic rings. The van der Waals surface area contributed by atoms with Crippen LogP contribution in [0.4, 0.5) is 0 Å². The fourth-order valence-corrected chi connectivity index (χ4v) is 4.59. The minimum absolute atomic E-state index is 0.0660. The summed E-state index contributed by atoms with van der Waals surface area (Å²) in [6, 6.07) is 8.08. The van der Waals surface area contributed by atoms with Crippen LogP contribution >= 0.6 is 27.7 Å². The van der Waals surface area contributed by atoms with E-state index >= 15 is 0 Å². The van der Waals surface area contributed by atoms with Crippen molar-refractivity contribution in [1.29, 1.82) is 0 Å². The molecule has 1 saturated carbocycles. The molecule has 1 saturated heterocycles. The Balaban J connectivity index is 1.55. The van der Waals surface area contributed by atoms with Crippen LogP contribution in [0.3, 0.4) is 0 Å². The first-order valence-electron chi connectivity index (χ1n) is 7.23. The zero-order valence-corrected chi connectivity index (χ0v) is 13.8. The predicted molar refractivity (Wildman–Crippen MR) is 85.1 cm³/mol. The van der Waals surface area contributed by atoms with Gasteiger partial charge in [0.25, 0.3) is 0 Å². The van der Waals surface area contributed by atoms with Crippen molar-refractivity contribution in [3.63, 3.8) is 0 Å². The lowest BCUT2D eigenvalue weighted by molar-refractivity contribution is -0.154. The highest BCUT2D eigenvalue weighted by atomic mass is 79.9. The molecule has 2 fully saturated rings. The number of benzene rings is 1. The smallest absolute Gasteiger partial charge is 0.146 e. The topological polar surface area (TPSA) is 26.3 Å². The molecule has 20 heavy (non-hydrogen) atoms. The van der Waals surface area contributed by atoms with E-state index in [9.17, 15) is 4.79 Å². The van der Waals surface area contributed by atoms with Crippen molar-refractivity contribution in [3.05, 3.63) is 28.7 Å². The molecule has 0 aromatic heterocycles. The number of rotatable bonds is 4. The van der Waals surface area contributed by atoms with Crippen molar-refractivity contribution in [3.8, 4) is 0 Å². The van der Waals surface area contributed by atoms with E-state index in [1.807, 2.05) is 18.2 Å². The van der Waals surface area contributed by atoms with Gasteiger partial charge >= 0.3 is 0 Å². The quantitative estimate of drug-likeness (QED) is 0.746. The fraction of sp³-hybridized carbons (Fsp3) is 0.562. The first kappa shape index (κ1) is 14.6. The molecule has 2 nitrogen and oxygen atoms in total. The summed E-state index contributed by atoms with van der Waals surface area (Å²) in [4.78, 5) is 13.6. The van der Waals surface area contributed by atoms with Crippen LogP contribution in [-0.2, 0) is 9.53 Å². The molecular weight excluding hydrogens is 336 g/mol. The van der Waals surface area contributed by atoms with E-state index in [2.05, 4.69) is 22.0 Å². The summed E-state index contributed by atoms with van der Waals surface area (Å²) in [5, 5.41) is 0. The van der Waals surface area contributed by atoms with Gasteiger partial charge in [0.2, 0.25) is 0 Å². The first-order chi connectivity index (χ1) is 9.69. The van der Waals surface area contributed by atoms with Gasteiger partial charge in [0.1, 0.15) is 5.78 Å². The molecule has 4 heteroatoms. The normalized spacial score (nSPS) is 24.4. The second-order valence-corrected chi connectivity index (χ2v) is 7.63. The third-order valence-corrected chi connectivity index (χ3v) is 6.47. The lowest BCUT2D eigenvalue weighted by Gasteiger charge is -2.46. The van der Waals surface area contributed by atoms with Crippen molar-refractivity contribution in [1.82, 2.24) is 0 Å². The van der Waals surface area contributed by atoms with Gasteiger partial charge in [-0.05, 0) is 60.2 Å². The number of carbonyl (C=O) groups excluding carboxylic acids is 1. The highest BCUT2D eigenvalue weighted by molar-refractivity contribution is 9.10. The van der Waals surface area contributed by atoms with E-state index in [0.29, 0.717) is 11.5 Å². The molecule has 1 heterocycles. The summed E-state index contributed by atoms with van der Waals surface area (Å²) in [6.45, 7) is 0.760. The molecule has 1 aliphatic carbocycles. The number of Topliss-reactive ketones (excluding diaryl/α,β-unsaturated/α-hetero) is 1. The molecule has 1 spiro atoms. The second kappa shape index (κ2) is 6.20. The standard InChI is InChI=1S/C16H19BrO2S/c17-13-4-1-2-5-15(13)20-11-14(18)12-6-9-19-16(10-12)7-3-8-16/h1-2,4-5,12H,3,6-11H2. The molecule has 0 amide bonds. The molecule has 3 rings (SSSR count). The maximum Gasteiger partial charge on any atom is 0.146 e. The average molecular weight is 355 g/mol. The number of ketones is 1. The number of carbonyl (C=O) groups is 1. The monoisotopic (exact) mass is 354 g/mol. The highest BCUT2D eigenvalue weighted by Crippen LogP contribution is 2.44. The molecule has 0 bridgehead atoms. The van der Waals surface area contributed by atoms with Crippen molar-refractivity contribution in [2.24, 2.45) is 5.92 Å². The van der Waals surface area contributed by atoms with Gasteiger partial charge in [-0.25, -0.2) is 0 Å². The van der Waals surface area contributed by atoms with Crippen LogP contribution in [-0.4, -0.2) is 23.7 Å². The summed E-state index contributed by atoms with van der Waals surface area (Å²) in [5.74, 6) is 1.17. The van der Waals surface area contributed by atoms with Crippen LogP contribution in [0, 0.1) is 5.92 Å². The van der Waals surface area contributed by atoms with Crippen LogP contribution in [0.15, 0.2) is 33.6 Å². The van der Waals surface area contributed by atoms with Crippen molar-refractivity contribution < 1.29 is 9.53 Å². The van der Waals surface area contributed by atoms with Gasteiger partial charge in [-0.2, -0.15) is 0 Å². The third-order valence-electron chi connectivity index (χ3n) is 4.42. The second-order valence-electron chi connectivity index (χ2n) is 5.76. The SMILES string of the molecule is O=C(CSc1ccccc1Br)C1CCOC2(CCC2)C1. The fourth-order valence-electron chi connectivity index (χ4n) is 3.05. The van der Waals surface area contributed by atoms with Gasteiger partial charge in [0.15, 0.2) is 0 Å². The van der Waals surface area contributed by atoms with Crippen LogP contribution < -0.4 is 0 Å². The Morgan fingerprint density at radius 2 is 2.20 bits per heavy atom. The molecule has 1 atom stereocenters. The maximum atomic E-state index is 12.4. The summed E-state index contributed by atoms with van der Waals surface area (Å²) >= 11 is 5.17. The molecule has 108 valence electrons. The minimum Gasteiger partial charge on any atom is -0.375 e. The van der Waals surface area contributed by atoms with Gasteiger partial charge in [-0.1, -0.05) is 12.1 Å².